The van der Waals surface area contributed by atoms with Gasteiger partial charge >= 0.3 is 0 Å². The van der Waals surface area contributed by atoms with Gasteiger partial charge in [0.05, 0.1) is 31.1 Å². The first-order valence-electron chi connectivity index (χ1n) is 5.95. The number of H-pyrrole nitrogens is 1. The topological polar surface area (TPSA) is 49.9 Å². The van der Waals surface area contributed by atoms with Crippen LogP contribution in [0.3, 0.4) is 0 Å². The van der Waals surface area contributed by atoms with Crippen LogP contribution in [0.25, 0.3) is 11.3 Å². The van der Waals surface area contributed by atoms with Gasteiger partial charge in [0.25, 0.3) is 0 Å². The van der Waals surface area contributed by atoms with Gasteiger partial charge in [-0.3, -0.25) is 0 Å². The number of rotatable bonds is 2. The molecule has 0 aliphatic carbocycles. The minimum Gasteiger partial charge on any atom is -0.378 e. The van der Waals surface area contributed by atoms with Gasteiger partial charge in [0.15, 0.2) is 0 Å². The summed E-state index contributed by atoms with van der Waals surface area (Å²) < 4.78 is 5.43. The van der Waals surface area contributed by atoms with Crippen LogP contribution in [0, 0.1) is 0 Å². The second-order valence-electron chi connectivity index (χ2n) is 4.27. The van der Waals surface area contributed by atoms with E-state index in [1.54, 1.807) is 0 Å². The zero-order chi connectivity index (χ0) is 12.4. The molecule has 1 fully saturated rings. The van der Waals surface area contributed by atoms with Crippen LogP contribution in [0.4, 0.5) is 0 Å². The molecule has 5 heteroatoms. The third-order valence-electron chi connectivity index (χ3n) is 3.00. The van der Waals surface area contributed by atoms with E-state index in [4.69, 9.17) is 16.3 Å². The Kier molecular flexibility index (Phi) is 3.32. The maximum absolute atomic E-state index is 5.87. The van der Waals surface area contributed by atoms with Crippen molar-refractivity contribution in [3.63, 3.8) is 0 Å². The van der Waals surface area contributed by atoms with E-state index in [0.29, 0.717) is 6.61 Å². The number of hydrogen-bond donors (Lipinski definition) is 2. The first kappa shape index (κ1) is 11.7. The molecule has 0 bridgehead atoms. The average Bonchev–Trinajstić information content (AvgIpc) is 2.90. The summed E-state index contributed by atoms with van der Waals surface area (Å²) in [6.45, 7) is 2.29. The fraction of sp³-hybridized carbons (Fsp3) is 0.308. The van der Waals surface area contributed by atoms with Gasteiger partial charge in [-0.25, -0.2) is 4.98 Å². The Morgan fingerprint density at radius 3 is 2.83 bits per heavy atom. The molecule has 4 nitrogen and oxygen atoms in total. The number of benzene rings is 1. The summed E-state index contributed by atoms with van der Waals surface area (Å²) in [5.41, 5.74) is 2.07. The molecule has 1 aromatic heterocycles. The fourth-order valence-electron chi connectivity index (χ4n) is 2.03. The lowest BCUT2D eigenvalue weighted by atomic mass is 10.2. The first-order chi connectivity index (χ1) is 8.83. The predicted molar refractivity (Wildman–Crippen MR) is 70.6 cm³/mol. The molecule has 0 radical (unpaired) electrons. The van der Waals surface area contributed by atoms with Crippen molar-refractivity contribution in [1.29, 1.82) is 0 Å². The van der Waals surface area contributed by atoms with E-state index in [0.717, 1.165) is 35.3 Å². The molecule has 0 amide bonds. The fourth-order valence-corrected chi connectivity index (χ4v) is 2.16. The van der Waals surface area contributed by atoms with Crippen molar-refractivity contribution in [1.82, 2.24) is 15.3 Å². The minimum atomic E-state index is 0.153. The van der Waals surface area contributed by atoms with Gasteiger partial charge in [-0.05, 0) is 17.7 Å². The van der Waals surface area contributed by atoms with Gasteiger partial charge in [0.2, 0.25) is 0 Å². The lowest BCUT2D eigenvalue weighted by molar-refractivity contribution is 0.0745. The van der Waals surface area contributed by atoms with Gasteiger partial charge in [-0.15, -0.1) is 0 Å². The molecule has 0 spiro atoms. The van der Waals surface area contributed by atoms with Crippen LogP contribution in [0.2, 0.25) is 5.02 Å². The highest BCUT2D eigenvalue weighted by atomic mass is 35.5. The van der Waals surface area contributed by atoms with Gasteiger partial charge < -0.3 is 15.0 Å². The Balaban J connectivity index is 1.82. The second kappa shape index (κ2) is 5.10. The Labute approximate surface area is 110 Å². The monoisotopic (exact) mass is 263 g/mol. The highest BCUT2D eigenvalue weighted by molar-refractivity contribution is 6.30. The smallest absolute Gasteiger partial charge is 0.126 e. The number of halogens is 1. The Morgan fingerprint density at radius 1 is 1.28 bits per heavy atom. The normalized spacial score (nSPS) is 19.9. The van der Waals surface area contributed by atoms with Gasteiger partial charge in [-0.1, -0.05) is 23.7 Å². The summed E-state index contributed by atoms with van der Waals surface area (Å²) >= 11 is 5.87. The first-order valence-corrected chi connectivity index (χ1v) is 6.33. The van der Waals surface area contributed by atoms with Crippen molar-refractivity contribution >= 4 is 11.6 Å². The summed E-state index contributed by atoms with van der Waals surface area (Å²) in [6, 6.07) is 7.85. The summed E-state index contributed by atoms with van der Waals surface area (Å²) in [5, 5.41) is 4.11. The van der Waals surface area contributed by atoms with Crippen LogP contribution in [-0.4, -0.2) is 29.7 Å². The maximum atomic E-state index is 5.87. The van der Waals surface area contributed by atoms with E-state index in [1.165, 1.54) is 0 Å². The van der Waals surface area contributed by atoms with E-state index in [2.05, 4.69) is 15.3 Å². The molecule has 1 aliphatic rings. The molecule has 2 aromatic rings. The van der Waals surface area contributed by atoms with Crippen molar-refractivity contribution < 1.29 is 4.74 Å². The highest BCUT2D eigenvalue weighted by Gasteiger charge is 2.18. The van der Waals surface area contributed by atoms with Crippen LogP contribution < -0.4 is 5.32 Å². The molecule has 3 rings (SSSR count). The van der Waals surface area contributed by atoms with Gasteiger partial charge in [0, 0.05) is 11.6 Å². The summed E-state index contributed by atoms with van der Waals surface area (Å²) in [7, 11) is 0. The molecular formula is C13H14ClN3O. The third kappa shape index (κ3) is 2.41. The van der Waals surface area contributed by atoms with Crippen LogP contribution in [0.5, 0.6) is 0 Å². The minimum absolute atomic E-state index is 0.153. The van der Waals surface area contributed by atoms with Crippen LogP contribution in [-0.2, 0) is 4.74 Å². The Morgan fingerprint density at radius 2 is 2.11 bits per heavy atom. The molecular weight excluding hydrogens is 250 g/mol. The van der Waals surface area contributed by atoms with E-state index < -0.39 is 0 Å². The van der Waals surface area contributed by atoms with Crippen LogP contribution >= 0.6 is 11.6 Å². The van der Waals surface area contributed by atoms with E-state index in [1.807, 2.05) is 30.5 Å². The molecule has 0 unspecified atom stereocenters. The Bertz CT molecular complexity index is 517. The van der Waals surface area contributed by atoms with Crippen molar-refractivity contribution in [3.05, 3.63) is 41.3 Å². The van der Waals surface area contributed by atoms with Crippen molar-refractivity contribution in [2.75, 3.05) is 19.8 Å². The van der Waals surface area contributed by atoms with Crippen molar-refractivity contribution in [2.24, 2.45) is 0 Å². The lowest BCUT2D eigenvalue weighted by Gasteiger charge is -2.21. The lowest BCUT2D eigenvalue weighted by Crippen LogP contribution is -2.35. The molecule has 1 saturated heterocycles. The van der Waals surface area contributed by atoms with Gasteiger partial charge in [0.1, 0.15) is 5.82 Å². The quantitative estimate of drug-likeness (QED) is 0.875. The summed E-state index contributed by atoms with van der Waals surface area (Å²) in [6.07, 6.45) is 1.84. The number of aromatic amines is 1. The number of nitrogens with one attached hydrogen (secondary N) is 2. The largest absolute Gasteiger partial charge is 0.378 e. The Hall–Kier alpha value is -1.36. The van der Waals surface area contributed by atoms with Crippen LogP contribution in [0.15, 0.2) is 30.5 Å². The second-order valence-corrected chi connectivity index (χ2v) is 4.71. The molecule has 1 atom stereocenters. The zero-order valence-corrected chi connectivity index (χ0v) is 10.6. The zero-order valence-electron chi connectivity index (χ0n) is 9.82. The average molecular weight is 264 g/mol. The standard InChI is InChI=1S/C13H14ClN3O/c14-10-3-1-9(2-4-10)11-7-16-13(17-11)12-8-18-6-5-15-12/h1-4,7,12,15H,5-6,8H2,(H,16,17)/t12-/m0/s1. The molecule has 18 heavy (non-hydrogen) atoms. The molecule has 2 heterocycles. The third-order valence-corrected chi connectivity index (χ3v) is 3.25. The summed E-state index contributed by atoms with van der Waals surface area (Å²) in [5.74, 6) is 0.916. The SMILES string of the molecule is Clc1ccc(-c2cnc([C@@H]3COCCN3)[nH]2)cc1. The maximum Gasteiger partial charge on any atom is 0.126 e. The van der Waals surface area contributed by atoms with E-state index in [9.17, 15) is 0 Å². The van der Waals surface area contributed by atoms with E-state index in [-0.39, 0.29) is 6.04 Å². The van der Waals surface area contributed by atoms with Crippen molar-refractivity contribution in [2.45, 2.75) is 6.04 Å². The number of hydrogen-bond acceptors (Lipinski definition) is 3. The number of morpholine rings is 1. The van der Waals surface area contributed by atoms with E-state index >= 15 is 0 Å². The van der Waals surface area contributed by atoms with Crippen LogP contribution in [0.1, 0.15) is 11.9 Å². The number of aromatic nitrogens is 2. The van der Waals surface area contributed by atoms with Crippen molar-refractivity contribution in [3.8, 4) is 11.3 Å². The number of imidazole rings is 1. The molecule has 1 aromatic carbocycles. The molecule has 0 saturated carbocycles. The number of ether oxygens (including phenoxy) is 1. The molecule has 2 N–H and O–H groups in total. The highest BCUT2D eigenvalue weighted by Crippen LogP contribution is 2.21. The van der Waals surface area contributed by atoms with Gasteiger partial charge in [-0.2, -0.15) is 0 Å². The molecule has 94 valence electrons. The summed E-state index contributed by atoms with van der Waals surface area (Å²) in [4.78, 5) is 7.73. The predicted octanol–water partition coefficient (Wildman–Crippen LogP) is 2.39. The molecule has 1 aliphatic heterocycles. The number of nitrogens with zero attached hydrogens (tertiary/aromatic N) is 1.